The van der Waals surface area contributed by atoms with E-state index in [1.165, 1.54) is 19.1 Å². The Morgan fingerprint density at radius 3 is 2.21 bits per heavy atom. The second-order valence-corrected chi connectivity index (χ2v) is 7.27. The van der Waals surface area contributed by atoms with Crippen LogP contribution in [0.1, 0.15) is 18.3 Å². The van der Waals surface area contributed by atoms with Crippen LogP contribution < -0.4 is 10.6 Å². The molecule has 0 radical (unpaired) electrons. The third-order valence-corrected chi connectivity index (χ3v) is 4.18. The molecular weight excluding hydrogens is 472 g/mol. The van der Waals surface area contributed by atoms with Crippen LogP contribution >= 0.6 is 0 Å². The molecule has 3 rings (SSSR count). The highest BCUT2D eigenvalue weighted by Crippen LogP contribution is 2.31. The lowest BCUT2D eigenvalue weighted by Crippen LogP contribution is -2.37. The maximum atomic E-state index is 13.1. The summed E-state index contributed by atoms with van der Waals surface area (Å²) in [6.07, 6.45) is -8.55. The largest absolute Gasteiger partial charge is 0.433 e. The van der Waals surface area contributed by atoms with Crippen molar-refractivity contribution >= 4 is 17.6 Å². The summed E-state index contributed by atoms with van der Waals surface area (Å²) in [4.78, 5) is 18.6. The van der Waals surface area contributed by atoms with Gasteiger partial charge in [0, 0.05) is 18.4 Å². The average molecular weight is 489 g/mol. The van der Waals surface area contributed by atoms with Gasteiger partial charge in [0.2, 0.25) is 11.9 Å². The Morgan fingerprint density at radius 2 is 1.56 bits per heavy atom. The van der Waals surface area contributed by atoms with Gasteiger partial charge >= 0.3 is 12.4 Å². The van der Waals surface area contributed by atoms with Crippen LogP contribution in [0.25, 0.3) is 11.5 Å². The van der Waals surface area contributed by atoms with Gasteiger partial charge in [-0.3, -0.25) is 4.98 Å². The molecule has 3 heterocycles. The topological polar surface area (TPSA) is 129 Å². The lowest BCUT2D eigenvalue weighted by Gasteiger charge is -2.20. The fraction of sp³-hybridized carbons (Fsp3) is 0.316. The number of pyridine rings is 2. The van der Waals surface area contributed by atoms with Crippen molar-refractivity contribution in [2.24, 2.45) is 0 Å². The van der Waals surface area contributed by atoms with E-state index < -0.39 is 35.9 Å². The molecule has 0 aliphatic heterocycles. The smallest absolute Gasteiger partial charge is 0.393 e. The van der Waals surface area contributed by atoms with Crippen LogP contribution in [0, 0.1) is 0 Å². The van der Waals surface area contributed by atoms with Crippen LogP contribution in [-0.2, 0) is 12.4 Å². The first-order valence-corrected chi connectivity index (χ1v) is 9.45. The molecule has 0 aromatic carbocycles. The lowest BCUT2D eigenvalue weighted by molar-refractivity contribution is -0.141. The number of hydrogen-bond acceptors (Lipinski definition) is 9. The molecular formula is C19H17F6N7O2. The van der Waals surface area contributed by atoms with Gasteiger partial charge in [0.05, 0.1) is 6.61 Å². The molecule has 0 aliphatic carbocycles. The minimum absolute atomic E-state index is 0.107. The predicted octanol–water partition coefficient (Wildman–Crippen LogP) is 3.27. The standard InChI is InChI=1S/C19H17F6N7O2/c1-17(34,9-33)8-27-15-30-14(11-3-2-4-12(29-11)18(20,21)22)31-16(32-15)28-10-5-6-26-13(7-10)19(23,24)25/h2-7,33-34H,8-9H2,1H3,(H2,26,27,28,30,31,32). The molecule has 3 aromatic rings. The number of nitrogens with one attached hydrogen (secondary N) is 2. The van der Waals surface area contributed by atoms with Crippen molar-refractivity contribution < 1.29 is 36.6 Å². The van der Waals surface area contributed by atoms with Gasteiger partial charge in [-0.1, -0.05) is 6.07 Å². The van der Waals surface area contributed by atoms with E-state index in [0.717, 1.165) is 18.3 Å². The summed E-state index contributed by atoms with van der Waals surface area (Å²) < 4.78 is 78.0. The molecule has 182 valence electrons. The average Bonchev–Trinajstić information content (AvgIpc) is 2.77. The van der Waals surface area contributed by atoms with Crippen LogP contribution in [-0.4, -0.2) is 53.9 Å². The van der Waals surface area contributed by atoms with Gasteiger partial charge in [0.15, 0.2) is 5.82 Å². The van der Waals surface area contributed by atoms with E-state index >= 15 is 0 Å². The van der Waals surface area contributed by atoms with Crippen LogP contribution in [0.2, 0.25) is 0 Å². The molecule has 0 bridgehead atoms. The first kappa shape index (κ1) is 25.0. The molecule has 1 atom stereocenters. The Bertz CT molecular complexity index is 1150. The fourth-order valence-corrected chi connectivity index (χ4v) is 2.46. The second kappa shape index (κ2) is 9.34. The summed E-state index contributed by atoms with van der Waals surface area (Å²) in [5, 5.41) is 24.3. The zero-order valence-corrected chi connectivity index (χ0v) is 17.3. The number of aliphatic hydroxyl groups excluding tert-OH is 1. The molecule has 1 unspecified atom stereocenters. The highest BCUT2D eigenvalue weighted by molar-refractivity contribution is 5.59. The van der Waals surface area contributed by atoms with Crippen molar-refractivity contribution in [3.05, 3.63) is 47.9 Å². The van der Waals surface area contributed by atoms with Crippen molar-refractivity contribution in [2.45, 2.75) is 24.9 Å². The number of nitrogens with zero attached hydrogens (tertiary/aromatic N) is 5. The van der Waals surface area contributed by atoms with E-state index in [1.807, 2.05) is 0 Å². The van der Waals surface area contributed by atoms with Crippen LogP contribution in [0.15, 0.2) is 36.5 Å². The quantitative estimate of drug-likeness (QED) is 0.370. The zero-order chi connectivity index (χ0) is 25.1. The Morgan fingerprint density at radius 1 is 0.882 bits per heavy atom. The normalized spacial score (nSPS) is 13.9. The fourth-order valence-electron chi connectivity index (χ4n) is 2.46. The van der Waals surface area contributed by atoms with Crippen LogP contribution in [0.3, 0.4) is 0 Å². The van der Waals surface area contributed by atoms with E-state index in [1.54, 1.807) is 0 Å². The second-order valence-electron chi connectivity index (χ2n) is 7.27. The van der Waals surface area contributed by atoms with E-state index in [0.29, 0.717) is 6.07 Å². The van der Waals surface area contributed by atoms with Gasteiger partial charge in [-0.05, 0) is 31.2 Å². The summed E-state index contributed by atoms with van der Waals surface area (Å²) in [5.41, 5.74) is -4.39. The molecule has 0 fully saturated rings. The van der Waals surface area contributed by atoms with Gasteiger partial charge in [0.25, 0.3) is 0 Å². The number of alkyl halides is 6. The van der Waals surface area contributed by atoms with E-state index in [-0.39, 0.29) is 35.6 Å². The number of rotatable bonds is 7. The maximum Gasteiger partial charge on any atom is 0.433 e. The Balaban J connectivity index is 2.02. The Hall–Kier alpha value is -3.59. The summed E-state index contributed by atoms with van der Waals surface area (Å²) in [5.74, 6) is -0.903. The summed E-state index contributed by atoms with van der Waals surface area (Å²) >= 11 is 0. The molecule has 0 spiro atoms. The van der Waals surface area contributed by atoms with Crippen LogP contribution in [0.5, 0.6) is 0 Å². The van der Waals surface area contributed by atoms with E-state index in [4.69, 9.17) is 0 Å². The van der Waals surface area contributed by atoms with Crippen molar-refractivity contribution in [3.63, 3.8) is 0 Å². The van der Waals surface area contributed by atoms with Crippen LogP contribution in [0.4, 0.5) is 43.9 Å². The molecule has 15 heteroatoms. The van der Waals surface area contributed by atoms with Gasteiger partial charge in [-0.2, -0.15) is 41.3 Å². The minimum Gasteiger partial charge on any atom is -0.393 e. The molecule has 9 nitrogen and oxygen atoms in total. The molecule has 3 aromatic heterocycles. The third kappa shape index (κ3) is 6.48. The number of aromatic nitrogens is 5. The summed E-state index contributed by atoms with van der Waals surface area (Å²) in [7, 11) is 0. The molecule has 0 saturated heterocycles. The van der Waals surface area contributed by atoms with Crippen molar-refractivity contribution in [1.82, 2.24) is 24.9 Å². The number of aliphatic hydroxyl groups is 2. The lowest BCUT2D eigenvalue weighted by atomic mass is 10.1. The Labute approximate surface area is 188 Å². The number of anilines is 3. The monoisotopic (exact) mass is 489 g/mol. The highest BCUT2D eigenvalue weighted by Gasteiger charge is 2.33. The van der Waals surface area contributed by atoms with Gasteiger partial charge < -0.3 is 20.8 Å². The Kier molecular flexibility index (Phi) is 6.88. The molecule has 0 aliphatic rings. The molecule has 4 N–H and O–H groups in total. The maximum absolute atomic E-state index is 13.1. The third-order valence-electron chi connectivity index (χ3n) is 4.18. The molecule has 0 saturated carbocycles. The number of hydrogen-bond donors (Lipinski definition) is 4. The predicted molar refractivity (Wildman–Crippen MR) is 107 cm³/mol. The van der Waals surface area contributed by atoms with E-state index in [9.17, 15) is 36.6 Å². The van der Waals surface area contributed by atoms with Crippen molar-refractivity contribution in [2.75, 3.05) is 23.8 Å². The van der Waals surface area contributed by atoms with Crippen molar-refractivity contribution in [1.29, 1.82) is 0 Å². The number of halogens is 6. The molecule has 34 heavy (non-hydrogen) atoms. The van der Waals surface area contributed by atoms with Gasteiger partial charge in [0.1, 0.15) is 22.7 Å². The zero-order valence-electron chi connectivity index (χ0n) is 17.3. The summed E-state index contributed by atoms with van der Waals surface area (Å²) in [6, 6.07) is 4.93. The van der Waals surface area contributed by atoms with Gasteiger partial charge in [-0.15, -0.1) is 0 Å². The summed E-state index contributed by atoms with van der Waals surface area (Å²) in [6.45, 7) is 0.399. The van der Waals surface area contributed by atoms with Crippen molar-refractivity contribution in [3.8, 4) is 11.5 Å². The van der Waals surface area contributed by atoms with E-state index in [2.05, 4.69) is 35.6 Å². The highest BCUT2D eigenvalue weighted by atomic mass is 19.4. The minimum atomic E-state index is -4.74. The first-order chi connectivity index (χ1) is 15.8. The van der Waals surface area contributed by atoms with Gasteiger partial charge in [-0.25, -0.2) is 4.98 Å². The molecule has 0 amide bonds. The first-order valence-electron chi connectivity index (χ1n) is 9.45. The SMILES string of the molecule is CC(O)(CO)CNc1nc(Nc2ccnc(C(F)(F)F)c2)nc(-c2cccc(C(F)(F)F)n2)n1.